The van der Waals surface area contributed by atoms with Crippen molar-refractivity contribution in [3.05, 3.63) is 65.4 Å². The highest BCUT2D eigenvalue weighted by Gasteiger charge is 2.55. The van der Waals surface area contributed by atoms with Gasteiger partial charge in [0.1, 0.15) is 13.8 Å². The number of aromatic nitrogens is 1. The number of hydrogen-bond acceptors (Lipinski definition) is 2. The van der Waals surface area contributed by atoms with Gasteiger partial charge in [0.05, 0.1) is 5.52 Å². The minimum absolute atomic E-state index is 0.148. The van der Waals surface area contributed by atoms with Gasteiger partial charge in [0.15, 0.2) is 5.54 Å². The first-order valence-corrected chi connectivity index (χ1v) is 14.7. The van der Waals surface area contributed by atoms with Gasteiger partial charge in [-0.2, -0.15) is 0 Å². The smallest absolute Gasteiger partial charge is 0.315 e. The molecule has 3 aromatic rings. The van der Waals surface area contributed by atoms with E-state index in [-0.39, 0.29) is 11.9 Å². The summed E-state index contributed by atoms with van der Waals surface area (Å²) in [5.74, 6) is 3.32. The molecule has 2 aliphatic heterocycles. The van der Waals surface area contributed by atoms with E-state index in [1.165, 1.54) is 0 Å². The number of nitrogens with zero attached hydrogens (tertiary/aromatic N) is 2. The molecule has 2 aromatic carbocycles. The van der Waals surface area contributed by atoms with Crippen molar-refractivity contribution in [1.82, 2.24) is 9.88 Å². The van der Waals surface area contributed by atoms with E-state index in [1.54, 1.807) is 16.5 Å². The van der Waals surface area contributed by atoms with Crippen LogP contribution in [0.2, 0.25) is 16.6 Å². The fourth-order valence-electron chi connectivity index (χ4n) is 6.69. The van der Waals surface area contributed by atoms with Crippen molar-refractivity contribution >= 4 is 36.6 Å². The van der Waals surface area contributed by atoms with E-state index < -0.39 is 13.6 Å². The molecule has 5 rings (SSSR count). The highest BCUT2D eigenvalue weighted by Crippen LogP contribution is 2.48. The van der Waals surface area contributed by atoms with E-state index >= 15 is 0 Å². The molecule has 3 heterocycles. The quantitative estimate of drug-likeness (QED) is 0.367. The number of benzene rings is 2. The third-order valence-corrected chi connectivity index (χ3v) is 14.6. The van der Waals surface area contributed by atoms with Gasteiger partial charge in [0.25, 0.3) is 5.91 Å². The molecule has 2 aliphatic rings. The van der Waals surface area contributed by atoms with Crippen LogP contribution in [0.4, 0.5) is 10.5 Å². The molecule has 0 radical (unpaired) electrons. The van der Waals surface area contributed by atoms with Gasteiger partial charge in [-0.1, -0.05) is 83.9 Å². The van der Waals surface area contributed by atoms with Crippen LogP contribution in [0.1, 0.15) is 58.4 Å². The fourth-order valence-corrected chi connectivity index (χ4v) is 11.9. The van der Waals surface area contributed by atoms with Crippen molar-refractivity contribution in [3.8, 4) is 11.5 Å². The Kier molecular flexibility index (Phi) is 5.26. The van der Waals surface area contributed by atoms with Crippen LogP contribution >= 0.6 is 0 Å². The zero-order valence-electron chi connectivity index (χ0n) is 21.6. The van der Waals surface area contributed by atoms with Gasteiger partial charge in [0.2, 0.25) is 0 Å². The molecule has 6 heteroatoms. The average molecular weight is 484 g/mol. The molecule has 1 N–H and O–H groups in total. The van der Waals surface area contributed by atoms with Crippen LogP contribution < -0.4 is 10.2 Å². The van der Waals surface area contributed by atoms with Crippen molar-refractivity contribution in [3.63, 3.8) is 0 Å². The number of fused-ring (bicyclic) bond motifs is 3. The van der Waals surface area contributed by atoms with Gasteiger partial charge in [-0.3, -0.25) is 9.36 Å². The van der Waals surface area contributed by atoms with E-state index in [0.717, 1.165) is 27.7 Å². The maximum absolute atomic E-state index is 13.7. The topological polar surface area (TPSA) is 54.3 Å². The van der Waals surface area contributed by atoms with Gasteiger partial charge in [-0.15, -0.1) is 5.54 Å². The van der Waals surface area contributed by atoms with Crippen molar-refractivity contribution in [2.45, 2.75) is 63.7 Å². The second-order valence-electron chi connectivity index (χ2n) is 10.8. The molecule has 0 fully saturated rings. The molecule has 5 nitrogen and oxygen atoms in total. The van der Waals surface area contributed by atoms with E-state index in [2.05, 4.69) is 58.3 Å². The first kappa shape index (κ1) is 23.4. The zero-order valence-corrected chi connectivity index (χ0v) is 22.6. The number of likely N-dealkylation sites (N-methyl/N-ethyl adjacent to an activating group) is 1. The molecule has 1 unspecified atom stereocenters. The lowest BCUT2D eigenvalue weighted by Gasteiger charge is -2.38. The third kappa shape index (κ3) is 2.94. The highest BCUT2D eigenvalue weighted by molar-refractivity contribution is 6.90. The minimum Gasteiger partial charge on any atom is -0.315 e. The summed E-state index contributed by atoms with van der Waals surface area (Å²) in [5, 5.41) is 4.04. The fraction of sp³-hybridized carbons (Fsp3) is 0.379. The second-order valence-corrected chi connectivity index (χ2v) is 16.4. The predicted molar refractivity (Wildman–Crippen MR) is 144 cm³/mol. The molecule has 0 saturated carbocycles. The lowest BCUT2D eigenvalue weighted by Crippen LogP contribution is -2.57. The number of nitrogens with one attached hydrogen (secondary N) is 1. The van der Waals surface area contributed by atoms with Crippen molar-refractivity contribution in [1.29, 1.82) is 0 Å². The summed E-state index contributed by atoms with van der Waals surface area (Å²) in [6, 6.07) is 15.3. The molecule has 1 atom stereocenters. The summed E-state index contributed by atoms with van der Waals surface area (Å²) in [6.45, 7) is 13.7. The van der Waals surface area contributed by atoms with Crippen LogP contribution in [0.25, 0.3) is 10.9 Å². The Morgan fingerprint density at radius 1 is 0.886 bits per heavy atom. The van der Waals surface area contributed by atoms with E-state index in [1.807, 2.05) is 48.5 Å². The van der Waals surface area contributed by atoms with Crippen LogP contribution in [-0.4, -0.2) is 31.6 Å². The number of para-hydroxylation sites is 2. The number of rotatable bonds is 3. The molecular weight excluding hydrogens is 450 g/mol. The normalized spacial score (nSPS) is 19.1. The maximum atomic E-state index is 13.7. The summed E-state index contributed by atoms with van der Waals surface area (Å²) in [7, 11) is -0.215. The summed E-state index contributed by atoms with van der Waals surface area (Å²) < 4.78 is 1.68. The van der Waals surface area contributed by atoms with Crippen LogP contribution in [0.15, 0.2) is 48.5 Å². The zero-order chi connectivity index (χ0) is 25.3. The Hall–Kier alpha value is -3.30. The largest absolute Gasteiger partial charge is 0.328 e. The number of carbonyl (C=O) groups excluding carboxylic acids is 2. The number of carbonyl (C=O) groups is 2. The summed E-state index contributed by atoms with van der Waals surface area (Å²) in [4.78, 5) is 29.1. The molecule has 1 aromatic heterocycles. The summed E-state index contributed by atoms with van der Waals surface area (Å²) >= 11 is 0. The standard InChI is InChI=1S/C29H33N3O2Si/c1-18(2)35(19(3)4,20(5)6)16-15-22-17-21-11-10-13-24-26(21)32(22)28(34)30-29(24)23-12-8-9-14-25(23)31(7)27(29)33/h8-14,17-20H,1-7H3,(H,30,34). The van der Waals surface area contributed by atoms with Gasteiger partial charge < -0.3 is 10.2 Å². The molecule has 2 amide bonds. The SMILES string of the molecule is CC(C)[Si](C#Cc1cc2cccc3c2n1C(=O)NC31C(=O)N(C)c2ccccc21)(C(C)C)C(C)C. The lowest BCUT2D eigenvalue weighted by molar-refractivity contribution is -0.122. The van der Waals surface area contributed by atoms with Gasteiger partial charge in [0, 0.05) is 29.2 Å². The number of hydrogen-bond donors (Lipinski definition) is 1. The van der Waals surface area contributed by atoms with Crippen LogP contribution in [0, 0.1) is 11.5 Å². The van der Waals surface area contributed by atoms with E-state index in [9.17, 15) is 9.59 Å². The van der Waals surface area contributed by atoms with Gasteiger partial charge in [-0.25, -0.2) is 4.79 Å². The van der Waals surface area contributed by atoms with Crippen LogP contribution in [-0.2, 0) is 10.3 Å². The second kappa shape index (κ2) is 7.86. The van der Waals surface area contributed by atoms with Crippen molar-refractivity contribution in [2.24, 2.45) is 0 Å². The third-order valence-electron chi connectivity index (χ3n) is 8.29. The molecule has 0 bridgehead atoms. The minimum atomic E-state index is -1.98. The molecule has 35 heavy (non-hydrogen) atoms. The van der Waals surface area contributed by atoms with E-state index in [4.69, 9.17) is 0 Å². The van der Waals surface area contributed by atoms with Gasteiger partial charge >= 0.3 is 6.03 Å². The molecular formula is C29H33N3O2Si. The molecule has 0 saturated heterocycles. The Morgan fingerprint density at radius 3 is 2.17 bits per heavy atom. The van der Waals surface area contributed by atoms with Gasteiger partial charge in [-0.05, 0) is 28.8 Å². The molecule has 180 valence electrons. The Balaban J connectivity index is 1.77. The maximum Gasteiger partial charge on any atom is 0.328 e. The predicted octanol–water partition coefficient (Wildman–Crippen LogP) is 6.00. The molecule has 0 aliphatic carbocycles. The molecule has 1 spiro atoms. The Bertz CT molecular complexity index is 1420. The first-order chi connectivity index (χ1) is 16.6. The van der Waals surface area contributed by atoms with Crippen LogP contribution in [0.5, 0.6) is 0 Å². The number of anilines is 1. The summed E-state index contributed by atoms with van der Waals surface area (Å²) in [5.41, 5.74) is 7.89. The number of amides is 2. The van der Waals surface area contributed by atoms with E-state index in [0.29, 0.717) is 22.3 Å². The first-order valence-electron chi connectivity index (χ1n) is 12.5. The average Bonchev–Trinajstić information content (AvgIpc) is 3.28. The highest BCUT2D eigenvalue weighted by atomic mass is 28.3. The Labute approximate surface area is 208 Å². The Morgan fingerprint density at radius 2 is 1.51 bits per heavy atom. The van der Waals surface area contributed by atoms with Crippen molar-refractivity contribution in [2.75, 3.05) is 11.9 Å². The monoisotopic (exact) mass is 483 g/mol. The summed E-state index contributed by atoms with van der Waals surface area (Å²) in [6.07, 6.45) is 0. The van der Waals surface area contributed by atoms with Crippen molar-refractivity contribution < 1.29 is 9.59 Å². The van der Waals surface area contributed by atoms with Crippen LogP contribution in [0.3, 0.4) is 0 Å². The lowest BCUT2D eigenvalue weighted by atomic mass is 9.82.